The zero-order valence-electron chi connectivity index (χ0n) is 13.4. The van der Waals surface area contributed by atoms with Crippen molar-refractivity contribution in [1.29, 1.82) is 0 Å². The minimum atomic E-state index is -0.871. The van der Waals surface area contributed by atoms with Gasteiger partial charge in [-0.3, -0.25) is 0 Å². The highest BCUT2D eigenvalue weighted by Crippen LogP contribution is 2.18. The minimum absolute atomic E-state index is 0.0363. The van der Waals surface area contributed by atoms with Crippen molar-refractivity contribution in [3.63, 3.8) is 0 Å². The van der Waals surface area contributed by atoms with Crippen molar-refractivity contribution in [2.75, 3.05) is 13.1 Å². The number of benzene rings is 1. The van der Waals surface area contributed by atoms with E-state index in [0.717, 1.165) is 30.9 Å². The summed E-state index contributed by atoms with van der Waals surface area (Å²) in [6, 6.07) is 10.0. The number of fused-ring (bicyclic) bond motifs is 1. The van der Waals surface area contributed by atoms with Gasteiger partial charge in [0.15, 0.2) is 0 Å². The number of aromatic nitrogens is 3. The molecule has 0 saturated carbocycles. The summed E-state index contributed by atoms with van der Waals surface area (Å²) in [5.41, 5.74) is 1.19. The van der Waals surface area contributed by atoms with Crippen LogP contribution in [0.1, 0.15) is 23.6 Å². The molecule has 24 heavy (non-hydrogen) atoms. The summed E-state index contributed by atoms with van der Waals surface area (Å²) in [4.78, 5) is 13.6. The Balaban J connectivity index is 1.42. The van der Waals surface area contributed by atoms with Gasteiger partial charge in [-0.15, -0.1) is 10.2 Å². The van der Waals surface area contributed by atoms with Crippen LogP contribution in [0.15, 0.2) is 30.3 Å². The van der Waals surface area contributed by atoms with E-state index in [1.807, 2.05) is 18.2 Å². The Hall–Kier alpha value is -2.44. The molecule has 1 N–H and O–H groups in total. The molecule has 1 atom stereocenters. The summed E-state index contributed by atoms with van der Waals surface area (Å²) in [5, 5.41) is 11.6. The van der Waals surface area contributed by atoms with Crippen LogP contribution >= 0.6 is 0 Å². The highest BCUT2D eigenvalue weighted by Gasteiger charge is 2.32. The zero-order chi connectivity index (χ0) is 16.5. The molecule has 3 heterocycles. The fourth-order valence-corrected chi connectivity index (χ4v) is 3.27. The molecule has 2 aliphatic heterocycles. The van der Waals surface area contributed by atoms with Gasteiger partial charge < -0.3 is 14.8 Å². The normalized spacial score (nSPS) is 20.4. The Bertz CT molecular complexity index is 726. The maximum Gasteiger partial charge on any atom is 0.317 e. The lowest BCUT2D eigenvalue weighted by atomic mass is 10.1. The van der Waals surface area contributed by atoms with E-state index < -0.39 is 6.17 Å². The van der Waals surface area contributed by atoms with Crippen LogP contribution in [0.3, 0.4) is 0 Å². The number of amides is 2. The van der Waals surface area contributed by atoms with Crippen LogP contribution in [0.2, 0.25) is 0 Å². The molecule has 2 amide bonds. The van der Waals surface area contributed by atoms with Gasteiger partial charge in [0.2, 0.25) is 0 Å². The molecule has 1 saturated heterocycles. The number of hydrogen-bond acceptors (Lipinski definition) is 3. The summed E-state index contributed by atoms with van der Waals surface area (Å²) < 4.78 is 15.0. The molecule has 1 aromatic carbocycles. The maximum absolute atomic E-state index is 12.9. The smallest absolute Gasteiger partial charge is 0.317 e. The second-order valence-corrected chi connectivity index (χ2v) is 6.49. The molecule has 0 spiro atoms. The number of alkyl halides is 1. The lowest BCUT2D eigenvalue weighted by molar-refractivity contribution is 0.0871. The lowest BCUT2D eigenvalue weighted by Gasteiger charge is -2.36. The average Bonchev–Trinajstić information content (AvgIpc) is 2.95. The third-order valence-corrected chi connectivity index (χ3v) is 4.68. The van der Waals surface area contributed by atoms with E-state index in [2.05, 4.69) is 32.2 Å². The highest BCUT2D eigenvalue weighted by molar-refractivity contribution is 5.75. The van der Waals surface area contributed by atoms with Gasteiger partial charge in [-0.2, -0.15) is 0 Å². The monoisotopic (exact) mass is 329 g/mol. The molecule has 2 aromatic rings. The first-order chi connectivity index (χ1) is 11.7. The number of carbonyl (C=O) groups excluding carboxylic acids is 1. The van der Waals surface area contributed by atoms with Crippen LogP contribution in [-0.2, 0) is 19.4 Å². The Morgan fingerprint density at radius 2 is 2.00 bits per heavy atom. The number of carbonyl (C=O) groups is 1. The van der Waals surface area contributed by atoms with E-state index >= 15 is 0 Å². The summed E-state index contributed by atoms with van der Waals surface area (Å²) in [6.07, 6.45) is 1.48. The van der Waals surface area contributed by atoms with Gasteiger partial charge in [0.1, 0.15) is 17.8 Å². The van der Waals surface area contributed by atoms with E-state index in [-0.39, 0.29) is 25.2 Å². The van der Waals surface area contributed by atoms with Crippen LogP contribution in [0.4, 0.5) is 9.18 Å². The third kappa shape index (κ3) is 2.98. The second-order valence-electron chi connectivity index (χ2n) is 6.49. The predicted molar refractivity (Wildman–Crippen MR) is 86.4 cm³/mol. The van der Waals surface area contributed by atoms with E-state index in [0.29, 0.717) is 6.54 Å². The summed E-state index contributed by atoms with van der Waals surface area (Å²) in [6.45, 7) is 1.08. The molecular formula is C17H20FN5O. The average molecular weight is 329 g/mol. The van der Waals surface area contributed by atoms with Crippen LogP contribution in [0.25, 0.3) is 0 Å². The van der Waals surface area contributed by atoms with Gasteiger partial charge >= 0.3 is 6.03 Å². The summed E-state index contributed by atoms with van der Waals surface area (Å²) in [7, 11) is 0. The largest absolute Gasteiger partial charge is 0.333 e. The summed E-state index contributed by atoms with van der Waals surface area (Å²) in [5.74, 6) is 1.89. The Morgan fingerprint density at radius 3 is 2.75 bits per heavy atom. The second kappa shape index (κ2) is 6.22. The number of urea groups is 1. The van der Waals surface area contributed by atoms with Crippen molar-refractivity contribution in [3.8, 4) is 0 Å². The van der Waals surface area contributed by atoms with Crippen molar-refractivity contribution >= 4 is 6.03 Å². The quantitative estimate of drug-likeness (QED) is 0.929. The highest BCUT2D eigenvalue weighted by atomic mass is 19.1. The predicted octanol–water partition coefficient (Wildman–Crippen LogP) is 1.55. The van der Waals surface area contributed by atoms with Gasteiger partial charge in [-0.05, 0) is 12.0 Å². The molecule has 1 fully saturated rings. The van der Waals surface area contributed by atoms with Crippen molar-refractivity contribution in [1.82, 2.24) is 25.0 Å². The van der Waals surface area contributed by atoms with Gasteiger partial charge in [0.25, 0.3) is 0 Å². The van der Waals surface area contributed by atoms with Crippen LogP contribution < -0.4 is 5.32 Å². The minimum Gasteiger partial charge on any atom is -0.333 e. The number of nitrogens with zero attached hydrogens (tertiary/aromatic N) is 4. The number of aryl methyl sites for hydroxylation is 1. The first-order valence-electron chi connectivity index (χ1n) is 8.33. The van der Waals surface area contributed by atoms with Crippen molar-refractivity contribution in [2.45, 2.75) is 38.0 Å². The van der Waals surface area contributed by atoms with Gasteiger partial charge in [0, 0.05) is 25.4 Å². The molecule has 0 radical (unpaired) electrons. The molecule has 0 bridgehead atoms. The lowest BCUT2D eigenvalue weighted by Crippen LogP contribution is -2.57. The molecule has 6 nitrogen and oxygen atoms in total. The first kappa shape index (κ1) is 15.1. The zero-order valence-corrected chi connectivity index (χ0v) is 13.4. The fourth-order valence-electron chi connectivity index (χ4n) is 3.27. The molecule has 4 rings (SSSR count). The molecule has 0 aliphatic carbocycles. The number of rotatable bonds is 3. The molecule has 2 aliphatic rings. The van der Waals surface area contributed by atoms with E-state index in [1.165, 1.54) is 10.5 Å². The Morgan fingerprint density at radius 1 is 1.21 bits per heavy atom. The van der Waals surface area contributed by atoms with Crippen LogP contribution in [-0.4, -0.2) is 51.0 Å². The first-order valence-corrected chi connectivity index (χ1v) is 8.33. The molecular weight excluding hydrogens is 309 g/mol. The van der Waals surface area contributed by atoms with Crippen LogP contribution in [0, 0.1) is 0 Å². The van der Waals surface area contributed by atoms with E-state index in [1.54, 1.807) is 0 Å². The number of nitrogens with one attached hydrogen (secondary N) is 1. The fraction of sp³-hybridized carbons (Fsp3) is 0.471. The van der Waals surface area contributed by atoms with Crippen molar-refractivity contribution < 1.29 is 9.18 Å². The third-order valence-electron chi connectivity index (χ3n) is 4.68. The molecule has 126 valence electrons. The maximum atomic E-state index is 12.9. The van der Waals surface area contributed by atoms with Gasteiger partial charge in [0.05, 0.1) is 13.1 Å². The number of likely N-dealkylation sites (tertiary alicyclic amines) is 1. The van der Waals surface area contributed by atoms with Crippen LogP contribution in [0.5, 0.6) is 0 Å². The van der Waals surface area contributed by atoms with Gasteiger partial charge in [-0.1, -0.05) is 30.3 Å². The topological polar surface area (TPSA) is 63.1 Å². The molecule has 1 aromatic heterocycles. The van der Waals surface area contributed by atoms with Crippen molar-refractivity contribution in [3.05, 3.63) is 47.5 Å². The van der Waals surface area contributed by atoms with E-state index in [9.17, 15) is 9.18 Å². The number of halogens is 1. The standard InChI is InChI=1S/C17H20FN5O/c18-13-9-22(10-13)17(24)19-14-6-7-15-20-21-16(23(15)11-14)8-12-4-2-1-3-5-12/h1-5,13-14H,6-11H2,(H,19,24). The molecule has 1 unspecified atom stereocenters. The van der Waals surface area contributed by atoms with Crippen molar-refractivity contribution in [2.24, 2.45) is 0 Å². The Kier molecular flexibility index (Phi) is 3.92. The SMILES string of the molecule is O=C(NC1CCc2nnc(Cc3ccccc3)n2C1)N1CC(F)C1. The van der Waals surface area contributed by atoms with E-state index in [4.69, 9.17) is 0 Å². The Labute approximate surface area is 139 Å². The van der Waals surface area contributed by atoms with Gasteiger partial charge in [-0.25, -0.2) is 9.18 Å². The summed E-state index contributed by atoms with van der Waals surface area (Å²) >= 11 is 0. The number of hydrogen-bond donors (Lipinski definition) is 1. The molecule has 7 heteroatoms.